The highest BCUT2D eigenvalue weighted by molar-refractivity contribution is 5.31. The summed E-state index contributed by atoms with van der Waals surface area (Å²) in [4.78, 5) is 4.06. The van der Waals surface area contributed by atoms with Crippen LogP contribution in [0.15, 0.2) is 67.5 Å². The number of rotatable bonds is 4. The van der Waals surface area contributed by atoms with Gasteiger partial charge in [0.25, 0.3) is 0 Å². The molecule has 2 rings (SSSR count). The molecular weight excluding hydrogens is 194 g/mol. The summed E-state index contributed by atoms with van der Waals surface area (Å²) in [5, 5.41) is 0. The Morgan fingerprint density at radius 3 is 2.25 bits per heavy atom. The zero-order chi connectivity index (χ0) is 11.2. The third-order valence-electron chi connectivity index (χ3n) is 2.71. The van der Waals surface area contributed by atoms with Gasteiger partial charge in [-0.2, -0.15) is 0 Å². The molecule has 1 atom stereocenters. The van der Waals surface area contributed by atoms with Crippen molar-refractivity contribution in [2.24, 2.45) is 0 Å². The minimum Gasteiger partial charge on any atom is -0.265 e. The number of aromatic nitrogens is 1. The molecule has 1 heteroatoms. The maximum atomic E-state index is 4.06. The summed E-state index contributed by atoms with van der Waals surface area (Å²) < 4.78 is 0. The summed E-state index contributed by atoms with van der Waals surface area (Å²) in [5.41, 5.74) is 2.62. The smallest absolute Gasteiger partial charge is 0.0270 e. The van der Waals surface area contributed by atoms with Crippen molar-refractivity contribution in [3.05, 3.63) is 78.6 Å². The maximum Gasteiger partial charge on any atom is 0.0270 e. The van der Waals surface area contributed by atoms with Gasteiger partial charge in [0, 0.05) is 18.3 Å². The second-order valence-electron chi connectivity index (χ2n) is 3.77. The van der Waals surface area contributed by atoms with Gasteiger partial charge < -0.3 is 0 Å². The van der Waals surface area contributed by atoms with E-state index in [2.05, 4.69) is 48.0 Å². The van der Waals surface area contributed by atoms with Crippen molar-refractivity contribution < 1.29 is 0 Å². The third kappa shape index (κ3) is 2.37. The van der Waals surface area contributed by atoms with Crippen LogP contribution in [-0.2, 0) is 0 Å². The molecule has 0 fully saturated rings. The largest absolute Gasteiger partial charge is 0.265 e. The SMILES string of the molecule is C=CCC(c1ccccc1)c1ccncc1. The van der Waals surface area contributed by atoms with Crippen LogP contribution in [0, 0.1) is 0 Å². The van der Waals surface area contributed by atoms with Crippen molar-refractivity contribution in [3.63, 3.8) is 0 Å². The van der Waals surface area contributed by atoms with E-state index in [4.69, 9.17) is 0 Å². The zero-order valence-corrected chi connectivity index (χ0v) is 9.21. The first kappa shape index (κ1) is 10.6. The van der Waals surface area contributed by atoms with Gasteiger partial charge in [0.2, 0.25) is 0 Å². The predicted octanol–water partition coefficient (Wildman–Crippen LogP) is 3.79. The molecule has 1 aromatic heterocycles. The molecule has 0 amide bonds. The van der Waals surface area contributed by atoms with E-state index in [1.807, 2.05) is 24.5 Å². The number of hydrogen-bond donors (Lipinski definition) is 0. The first-order chi connectivity index (χ1) is 7.92. The number of nitrogens with zero attached hydrogens (tertiary/aromatic N) is 1. The fraction of sp³-hybridized carbons (Fsp3) is 0.133. The van der Waals surface area contributed by atoms with Gasteiger partial charge in [0.15, 0.2) is 0 Å². The van der Waals surface area contributed by atoms with Gasteiger partial charge >= 0.3 is 0 Å². The Hall–Kier alpha value is -1.89. The highest BCUT2D eigenvalue weighted by Crippen LogP contribution is 2.27. The van der Waals surface area contributed by atoms with Crippen molar-refractivity contribution in [2.45, 2.75) is 12.3 Å². The molecule has 0 aliphatic rings. The molecule has 1 nitrogen and oxygen atoms in total. The lowest BCUT2D eigenvalue weighted by Crippen LogP contribution is -1.99. The van der Waals surface area contributed by atoms with E-state index in [9.17, 15) is 0 Å². The van der Waals surface area contributed by atoms with Crippen LogP contribution in [0.1, 0.15) is 23.5 Å². The fourth-order valence-electron chi connectivity index (χ4n) is 1.91. The van der Waals surface area contributed by atoms with E-state index in [1.165, 1.54) is 11.1 Å². The van der Waals surface area contributed by atoms with Gasteiger partial charge in [-0.1, -0.05) is 36.4 Å². The Bertz CT molecular complexity index is 394. The minimum absolute atomic E-state index is 0.390. The standard InChI is InChI=1S/C15H15N/c1-2-6-15(13-7-4-3-5-8-13)14-9-11-16-12-10-14/h2-5,7-12,15H,1,6H2. The van der Waals surface area contributed by atoms with Crippen molar-refractivity contribution in [3.8, 4) is 0 Å². The van der Waals surface area contributed by atoms with Crippen LogP contribution in [-0.4, -0.2) is 4.98 Å². The first-order valence-corrected chi connectivity index (χ1v) is 5.47. The minimum atomic E-state index is 0.390. The van der Waals surface area contributed by atoms with Gasteiger partial charge in [-0.3, -0.25) is 4.98 Å². The van der Waals surface area contributed by atoms with Crippen LogP contribution in [0.25, 0.3) is 0 Å². The monoisotopic (exact) mass is 209 g/mol. The molecule has 1 heterocycles. The zero-order valence-electron chi connectivity index (χ0n) is 9.21. The molecule has 0 saturated heterocycles. The van der Waals surface area contributed by atoms with Crippen molar-refractivity contribution in [2.75, 3.05) is 0 Å². The lowest BCUT2D eigenvalue weighted by molar-refractivity contribution is 0.828. The predicted molar refractivity (Wildman–Crippen MR) is 67.3 cm³/mol. The Balaban J connectivity index is 2.35. The van der Waals surface area contributed by atoms with Crippen LogP contribution in [0.5, 0.6) is 0 Å². The number of pyridine rings is 1. The molecule has 0 aliphatic heterocycles. The topological polar surface area (TPSA) is 12.9 Å². The Labute approximate surface area is 96.5 Å². The number of benzene rings is 1. The van der Waals surface area contributed by atoms with E-state index < -0.39 is 0 Å². The summed E-state index contributed by atoms with van der Waals surface area (Å²) in [7, 11) is 0. The molecule has 1 aromatic carbocycles. The Morgan fingerprint density at radius 2 is 1.62 bits per heavy atom. The van der Waals surface area contributed by atoms with E-state index in [1.54, 1.807) is 0 Å². The van der Waals surface area contributed by atoms with Crippen molar-refractivity contribution in [1.82, 2.24) is 4.98 Å². The quantitative estimate of drug-likeness (QED) is 0.698. The van der Waals surface area contributed by atoms with Gasteiger partial charge in [-0.25, -0.2) is 0 Å². The highest BCUT2D eigenvalue weighted by atomic mass is 14.6. The van der Waals surface area contributed by atoms with Gasteiger partial charge in [-0.05, 0) is 29.7 Å². The molecule has 16 heavy (non-hydrogen) atoms. The normalized spacial score (nSPS) is 12.0. The first-order valence-electron chi connectivity index (χ1n) is 5.47. The van der Waals surface area contributed by atoms with Crippen LogP contribution in [0.3, 0.4) is 0 Å². The highest BCUT2D eigenvalue weighted by Gasteiger charge is 2.11. The molecule has 0 saturated carbocycles. The van der Waals surface area contributed by atoms with Crippen LogP contribution in [0.2, 0.25) is 0 Å². The molecular formula is C15H15N. The van der Waals surface area contributed by atoms with E-state index >= 15 is 0 Å². The molecule has 0 radical (unpaired) electrons. The second-order valence-corrected chi connectivity index (χ2v) is 3.77. The number of allylic oxidation sites excluding steroid dienone is 1. The molecule has 0 N–H and O–H groups in total. The fourth-order valence-corrected chi connectivity index (χ4v) is 1.91. The molecule has 80 valence electrons. The number of hydrogen-bond acceptors (Lipinski definition) is 1. The van der Waals surface area contributed by atoms with Crippen LogP contribution < -0.4 is 0 Å². The lowest BCUT2D eigenvalue weighted by atomic mass is 9.89. The summed E-state index contributed by atoms with van der Waals surface area (Å²) in [6, 6.07) is 14.7. The van der Waals surface area contributed by atoms with E-state index in [-0.39, 0.29) is 0 Å². The van der Waals surface area contributed by atoms with Crippen molar-refractivity contribution in [1.29, 1.82) is 0 Å². The average Bonchev–Trinajstić information content (AvgIpc) is 2.38. The van der Waals surface area contributed by atoms with Gasteiger partial charge in [0.05, 0.1) is 0 Å². The average molecular weight is 209 g/mol. The molecule has 2 aromatic rings. The Kier molecular flexibility index (Phi) is 3.50. The second kappa shape index (κ2) is 5.26. The summed E-state index contributed by atoms with van der Waals surface area (Å²) in [5.74, 6) is 0.390. The lowest BCUT2D eigenvalue weighted by Gasteiger charge is -2.15. The van der Waals surface area contributed by atoms with Gasteiger partial charge in [-0.15, -0.1) is 6.58 Å². The summed E-state index contributed by atoms with van der Waals surface area (Å²) in [6.45, 7) is 3.84. The van der Waals surface area contributed by atoms with E-state index in [0.717, 1.165) is 6.42 Å². The van der Waals surface area contributed by atoms with Crippen LogP contribution in [0.4, 0.5) is 0 Å². The molecule has 0 bridgehead atoms. The third-order valence-corrected chi connectivity index (χ3v) is 2.71. The maximum absolute atomic E-state index is 4.06. The Morgan fingerprint density at radius 1 is 1.00 bits per heavy atom. The van der Waals surface area contributed by atoms with Crippen molar-refractivity contribution >= 4 is 0 Å². The molecule has 0 spiro atoms. The van der Waals surface area contributed by atoms with Crippen LogP contribution >= 0.6 is 0 Å². The summed E-state index contributed by atoms with van der Waals surface area (Å²) >= 11 is 0. The van der Waals surface area contributed by atoms with Gasteiger partial charge in [0.1, 0.15) is 0 Å². The molecule has 1 unspecified atom stereocenters. The van der Waals surface area contributed by atoms with E-state index in [0.29, 0.717) is 5.92 Å². The molecule has 0 aliphatic carbocycles. The summed E-state index contributed by atoms with van der Waals surface area (Å²) in [6.07, 6.45) is 6.61.